The molecule has 7 nitrogen and oxygen atoms in total. The average Bonchev–Trinajstić information content (AvgIpc) is 2.58. The third-order valence-electron chi connectivity index (χ3n) is 1.82. The molecule has 88 valence electrons. The summed E-state index contributed by atoms with van der Waals surface area (Å²) >= 11 is 0. The summed E-state index contributed by atoms with van der Waals surface area (Å²) in [5.74, 6) is -0.664. The molecular formula is C9H13N3O4. The van der Waals surface area contributed by atoms with Gasteiger partial charge in [-0.05, 0) is 19.8 Å². The normalized spacial score (nSPS) is 10.1. The molecule has 1 amide bonds. The fourth-order valence-electron chi connectivity index (χ4n) is 1.09. The molecule has 0 atom stereocenters. The zero-order chi connectivity index (χ0) is 12.0. The predicted octanol–water partition coefficient (Wildman–Crippen LogP) is 0.962. The molecule has 7 heteroatoms. The third-order valence-corrected chi connectivity index (χ3v) is 1.82. The number of hydrogen-bond acceptors (Lipinski definition) is 5. The fourth-order valence-corrected chi connectivity index (χ4v) is 1.09. The van der Waals surface area contributed by atoms with E-state index in [1.807, 2.05) is 0 Å². The van der Waals surface area contributed by atoms with Crippen molar-refractivity contribution in [3.05, 3.63) is 5.82 Å². The molecule has 2 N–H and O–H groups in total. The molecule has 0 bridgehead atoms. The molecule has 0 saturated heterocycles. The first-order valence-corrected chi connectivity index (χ1v) is 4.90. The van der Waals surface area contributed by atoms with Crippen LogP contribution in [0.3, 0.4) is 0 Å². The summed E-state index contributed by atoms with van der Waals surface area (Å²) in [5.41, 5.74) is 0. The molecular weight excluding hydrogens is 214 g/mol. The topological polar surface area (TPSA) is 105 Å². The van der Waals surface area contributed by atoms with Gasteiger partial charge in [0.2, 0.25) is 5.91 Å². The van der Waals surface area contributed by atoms with E-state index in [0.29, 0.717) is 18.7 Å². The van der Waals surface area contributed by atoms with Gasteiger partial charge in [-0.25, -0.2) is 0 Å². The first-order valence-electron chi connectivity index (χ1n) is 4.90. The van der Waals surface area contributed by atoms with Gasteiger partial charge in [0, 0.05) is 12.8 Å². The highest BCUT2D eigenvalue weighted by molar-refractivity contribution is 5.88. The molecule has 0 saturated carbocycles. The molecule has 1 aromatic rings. The largest absolute Gasteiger partial charge is 0.481 e. The van der Waals surface area contributed by atoms with E-state index in [1.54, 1.807) is 6.92 Å². The summed E-state index contributed by atoms with van der Waals surface area (Å²) in [5, 5.41) is 14.3. The van der Waals surface area contributed by atoms with E-state index in [-0.39, 0.29) is 24.8 Å². The number of aromatic nitrogens is 2. The summed E-state index contributed by atoms with van der Waals surface area (Å²) in [6.45, 7) is 1.64. The van der Waals surface area contributed by atoms with E-state index in [2.05, 4.69) is 15.5 Å². The van der Waals surface area contributed by atoms with Gasteiger partial charge >= 0.3 is 12.0 Å². The second-order valence-electron chi connectivity index (χ2n) is 3.30. The highest BCUT2D eigenvalue weighted by Gasteiger charge is 2.07. The van der Waals surface area contributed by atoms with Crippen molar-refractivity contribution >= 4 is 17.9 Å². The standard InChI is InChI=1S/C9H13N3O4/c1-6-10-9(16-12-6)11-7(13)4-2-3-5-8(14)15/h2-5H2,1H3,(H,14,15)(H,10,11,12,13). The van der Waals surface area contributed by atoms with Crippen molar-refractivity contribution in [1.82, 2.24) is 10.1 Å². The Balaban J connectivity index is 2.18. The zero-order valence-electron chi connectivity index (χ0n) is 8.89. The summed E-state index contributed by atoms with van der Waals surface area (Å²) in [6, 6.07) is 0.0701. The van der Waals surface area contributed by atoms with E-state index >= 15 is 0 Å². The third kappa shape index (κ3) is 4.54. The highest BCUT2D eigenvalue weighted by atomic mass is 16.5. The Bertz CT molecular complexity index is 375. The minimum absolute atomic E-state index is 0.0701. The molecule has 0 fully saturated rings. The Morgan fingerprint density at radius 3 is 2.62 bits per heavy atom. The number of carboxylic acid groups (broad SMARTS) is 1. The predicted molar refractivity (Wildman–Crippen MR) is 53.8 cm³/mol. The number of anilines is 1. The maximum absolute atomic E-state index is 11.3. The molecule has 0 aliphatic heterocycles. The monoisotopic (exact) mass is 227 g/mol. The Morgan fingerprint density at radius 2 is 2.06 bits per heavy atom. The number of aryl methyl sites for hydroxylation is 1. The van der Waals surface area contributed by atoms with Crippen LogP contribution in [0.4, 0.5) is 6.01 Å². The summed E-state index contributed by atoms with van der Waals surface area (Å²) in [4.78, 5) is 25.3. The van der Waals surface area contributed by atoms with E-state index in [4.69, 9.17) is 9.63 Å². The maximum Gasteiger partial charge on any atom is 0.328 e. The van der Waals surface area contributed by atoms with E-state index in [1.165, 1.54) is 0 Å². The number of carbonyl (C=O) groups excluding carboxylic acids is 1. The number of carbonyl (C=O) groups is 2. The van der Waals surface area contributed by atoms with Crippen LogP contribution in [0.2, 0.25) is 0 Å². The number of unbranched alkanes of at least 4 members (excludes halogenated alkanes) is 1. The average molecular weight is 227 g/mol. The number of rotatable bonds is 6. The lowest BCUT2D eigenvalue weighted by molar-refractivity contribution is -0.137. The summed E-state index contributed by atoms with van der Waals surface area (Å²) < 4.78 is 4.69. The lowest BCUT2D eigenvalue weighted by Crippen LogP contribution is -2.11. The Morgan fingerprint density at radius 1 is 1.38 bits per heavy atom. The second-order valence-corrected chi connectivity index (χ2v) is 3.30. The Kier molecular flexibility index (Phi) is 4.43. The van der Waals surface area contributed by atoms with Crippen LogP contribution in [0.1, 0.15) is 31.5 Å². The Labute approximate surface area is 91.8 Å². The van der Waals surface area contributed by atoms with Crippen molar-refractivity contribution in [3.8, 4) is 0 Å². The van der Waals surface area contributed by atoms with Crippen molar-refractivity contribution in [3.63, 3.8) is 0 Å². The van der Waals surface area contributed by atoms with Crippen molar-refractivity contribution in [2.45, 2.75) is 32.6 Å². The van der Waals surface area contributed by atoms with Crippen LogP contribution >= 0.6 is 0 Å². The van der Waals surface area contributed by atoms with Gasteiger partial charge in [-0.1, -0.05) is 5.16 Å². The second kappa shape index (κ2) is 5.84. The molecule has 0 aliphatic rings. The number of amides is 1. The molecule has 1 heterocycles. The van der Waals surface area contributed by atoms with Crippen molar-refractivity contribution in [2.24, 2.45) is 0 Å². The van der Waals surface area contributed by atoms with Gasteiger partial charge in [-0.2, -0.15) is 4.98 Å². The van der Waals surface area contributed by atoms with E-state index < -0.39 is 5.97 Å². The smallest absolute Gasteiger partial charge is 0.328 e. The van der Waals surface area contributed by atoms with Crippen LogP contribution < -0.4 is 5.32 Å². The van der Waals surface area contributed by atoms with Gasteiger partial charge in [0.05, 0.1) is 0 Å². The van der Waals surface area contributed by atoms with Gasteiger partial charge < -0.3 is 9.63 Å². The number of aliphatic carboxylic acids is 1. The molecule has 0 unspecified atom stereocenters. The summed E-state index contributed by atoms with van der Waals surface area (Å²) in [6.07, 6.45) is 1.32. The van der Waals surface area contributed by atoms with Crippen molar-refractivity contribution < 1.29 is 19.2 Å². The van der Waals surface area contributed by atoms with Crippen molar-refractivity contribution in [2.75, 3.05) is 5.32 Å². The quantitative estimate of drug-likeness (QED) is 0.701. The number of nitrogens with zero attached hydrogens (tertiary/aromatic N) is 2. The number of carboxylic acids is 1. The van der Waals surface area contributed by atoms with Crippen LogP contribution in [-0.2, 0) is 9.59 Å². The van der Waals surface area contributed by atoms with E-state index in [9.17, 15) is 9.59 Å². The van der Waals surface area contributed by atoms with Crippen LogP contribution in [0.25, 0.3) is 0 Å². The van der Waals surface area contributed by atoms with Crippen LogP contribution in [0, 0.1) is 6.92 Å². The minimum Gasteiger partial charge on any atom is -0.481 e. The zero-order valence-corrected chi connectivity index (χ0v) is 8.89. The lowest BCUT2D eigenvalue weighted by atomic mass is 10.2. The minimum atomic E-state index is -0.854. The maximum atomic E-state index is 11.3. The first kappa shape index (κ1) is 12.2. The Hall–Kier alpha value is -1.92. The first-order chi connectivity index (χ1) is 7.58. The molecule has 0 radical (unpaired) electrons. The molecule has 16 heavy (non-hydrogen) atoms. The molecule has 0 spiro atoms. The van der Waals surface area contributed by atoms with Gasteiger partial charge in [-0.15, -0.1) is 0 Å². The lowest BCUT2D eigenvalue weighted by Gasteiger charge is -1.98. The number of nitrogens with one attached hydrogen (secondary N) is 1. The van der Waals surface area contributed by atoms with Gasteiger partial charge in [-0.3, -0.25) is 14.9 Å². The summed E-state index contributed by atoms with van der Waals surface area (Å²) in [7, 11) is 0. The van der Waals surface area contributed by atoms with Crippen LogP contribution in [-0.4, -0.2) is 27.1 Å². The SMILES string of the molecule is Cc1noc(NC(=O)CCCCC(=O)O)n1. The van der Waals surface area contributed by atoms with Gasteiger partial charge in [0.25, 0.3) is 0 Å². The van der Waals surface area contributed by atoms with Crippen LogP contribution in [0.15, 0.2) is 4.52 Å². The number of hydrogen-bond donors (Lipinski definition) is 2. The molecule has 0 aliphatic carbocycles. The highest BCUT2D eigenvalue weighted by Crippen LogP contribution is 2.05. The fraction of sp³-hybridized carbons (Fsp3) is 0.556. The van der Waals surface area contributed by atoms with E-state index in [0.717, 1.165) is 0 Å². The molecule has 0 aromatic carbocycles. The van der Waals surface area contributed by atoms with Gasteiger partial charge in [0.1, 0.15) is 0 Å². The van der Waals surface area contributed by atoms with Gasteiger partial charge in [0.15, 0.2) is 5.82 Å². The molecule has 1 aromatic heterocycles. The van der Waals surface area contributed by atoms with Crippen molar-refractivity contribution in [1.29, 1.82) is 0 Å². The molecule has 1 rings (SSSR count). The van der Waals surface area contributed by atoms with Crippen LogP contribution in [0.5, 0.6) is 0 Å².